The predicted molar refractivity (Wildman–Crippen MR) is 115 cm³/mol. The number of benzene rings is 1. The summed E-state index contributed by atoms with van der Waals surface area (Å²) in [4.78, 5) is 28.4. The number of amides is 1. The number of rotatable bonds is 4. The lowest BCUT2D eigenvalue weighted by Gasteiger charge is -2.41. The molecule has 1 aliphatic heterocycles. The van der Waals surface area contributed by atoms with Gasteiger partial charge in [0.1, 0.15) is 12.3 Å². The maximum Gasteiger partial charge on any atom is 0.254 e. The number of methoxy groups -OCH3 is 1. The molecule has 1 saturated heterocycles. The van der Waals surface area contributed by atoms with Crippen molar-refractivity contribution in [1.29, 1.82) is 0 Å². The van der Waals surface area contributed by atoms with Crippen LogP contribution in [0.2, 0.25) is 0 Å². The van der Waals surface area contributed by atoms with Crippen LogP contribution in [-0.4, -0.2) is 35.6 Å². The molecule has 29 heavy (non-hydrogen) atoms. The largest absolute Gasteiger partial charge is 0.497 e. The molecule has 156 valence electrons. The zero-order chi connectivity index (χ0) is 20.5. The summed E-state index contributed by atoms with van der Waals surface area (Å²) in [7, 11) is 1.62. The molecule has 1 aromatic carbocycles. The fraction of sp³-hybridized carbons (Fsp3) is 0.583. The number of carbonyl (C=O) groups is 1. The highest BCUT2D eigenvalue weighted by Crippen LogP contribution is 2.36. The average molecular weight is 397 g/mol. The molecule has 0 spiro atoms. The van der Waals surface area contributed by atoms with Gasteiger partial charge in [0.15, 0.2) is 0 Å². The molecule has 0 bridgehead atoms. The molecular weight excluding hydrogens is 364 g/mol. The topological polar surface area (TPSA) is 51.5 Å². The smallest absolute Gasteiger partial charge is 0.254 e. The van der Waals surface area contributed by atoms with Gasteiger partial charge in [0.2, 0.25) is 5.91 Å². The number of fused-ring (bicyclic) bond motifs is 2. The van der Waals surface area contributed by atoms with Crippen molar-refractivity contribution in [1.82, 2.24) is 9.47 Å². The minimum atomic E-state index is -0.0679. The molecule has 5 nitrogen and oxygen atoms in total. The third-order valence-corrected chi connectivity index (χ3v) is 6.89. The van der Waals surface area contributed by atoms with Crippen LogP contribution in [0.15, 0.2) is 29.1 Å². The molecule has 1 aliphatic carbocycles. The Hall–Kier alpha value is -2.30. The van der Waals surface area contributed by atoms with Crippen molar-refractivity contribution in [3.63, 3.8) is 0 Å². The third-order valence-electron chi connectivity index (χ3n) is 6.89. The van der Waals surface area contributed by atoms with E-state index < -0.39 is 0 Å². The minimum Gasteiger partial charge on any atom is -0.497 e. The summed E-state index contributed by atoms with van der Waals surface area (Å²) in [5.41, 5.74) is 1.45. The number of hydrogen-bond acceptors (Lipinski definition) is 3. The predicted octanol–water partition coefficient (Wildman–Crippen LogP) is 4.17. The Kier molecular flexibility index (Phi) is 5.66. The Balaban J connectivity index is 1.66. The molecule has 2 heterocycles. The average Bonchev–Trinajstić information content (AvgIpc) is 2.74. The molecular formula is C24H32N2O3. The molecule has 2 unspecified atom stereocenters. The van der Waals surface area contributed by atoms with E-state index in [1.807, 2.05) is 43.0 Å². The minimum absolute atomic E-state index is 0.0566. The number of piperidine rings is 1. The van der Waals surface area contributed by atoms with E-state index in [1.54, 1.807) is 11.7 Å². The van der Waals surface area contributed by atoms with Gasteiger partial charge in [-0.25, -0.2) is 0 Å². The first kappa shape index (κ1) is 20.0. The van der Waals surface area contributed by atoms with Crippen LogP contribution in [0.4, 0.5) is 0 Å². The summed E-state index contributed by atoms with van der Waals surface area (Å²) in [5.74, 6) is 2.27. The SMILES string of the molecule is COc1ccc2cc(C(C)C)c(=O)n(CC(=O)N3CCC4CCCCC4C3)c2c1. The molecule has 2 atom stereocenters. The molecule has 2 aromatic rings. The van der Waals surface area contributed by atoms with Crippen LogP contribution in [0.25, 0.3) is 10.9 Å². The first-order chi connectivity index (χ1) is 14.0. The second-order valence-corrected chi connectivity index (χ2v) is 9.00. The van der Waals surface area contributed by atoms with Crippen molar-refractivity contribution in [2.24, 2.45) is 11.8 Å². The van der Waals surface area contributed by atoms with Crippen molar-refractivity contribution in [3.05, 3.63) is 40.2 Å². The van der Waals surface area contributed by atoms with Crippen LogP contribution in [-0.2, 0) is 11.3 Å². The number of likely N-dealkylation sites (tertiary alicyclic amines) is 1. The molecule has 2 fully saturated rings. The van der Waals surface area contributed by atoms with Gasteiger partial charge in [-0.1, -0.05) is 33.1 Å². The van der Waals surface area contributed by atoms with Gasteiger partial charge in [0.25, 0.3) is 5.56 Å². The van der Waals surface area contributed by atoms with Gasteiger partial charge in [-0.3, -0.25) is 14.2 Å². The van der Waals surface area contributed by atoms with Crippen LogP contribution in [0, 0.1) is 11.8 Å². The highest BCUT2D eigenvalue weighted by Gasteiger charge is 2.33. The number of nitrogens with zero attached hydrogens (tertiary/aromatic N) is 2. The number of aromatic nitrogens is 1. The summed E-state index contributed by atoms with van der Waals surface area (Å²) in [6, 6.07) is 7.68. The van der Waals surface area contributed by atoms with Crippen molar-refractivity contribution in [3.8, 4) is 5.75 Å². The lowest BCUT2D eigenvalue weighted by Crippen LogP contribution is -2.46. The number of carbonyl (C=O) groups excluding carboxylic acids is 1. The first-order valence-corrected chi connectivity index (χ1v) is 11.0. The third kappa shape index (κ3) is 3.92. The van der Waals surface area contributed by atoms with E-state index in [0.29, 0.717) is 11.7 Å². The number of pyridine rings is 1. The molecule has 0 radical (unpaired) electrons. The van der Waals surface area contributed by atoms with Gasteiger partial charge in [-0.2, -0.15) is 0 Å². The van der Waals surface area contributed by atoms with Crippen LogP contribution in [0.3, 0.4) is 0 Å². The molecule has 1 amide bonds. The summed E-state index contributed by atoms with van der Waals surface area (Å²) >= 11 is 0. The van der Waals surface area contributed by atoms with Crippen molar-refractivity contribution in [2.75, 3.05) is 20.2 Å². The maximum atomic E-state index is 13.2. The van der Waals surface area contributed by atoms with Crippen LogP contribution >= 0.6 is 0 Å². The monoisotopic (exact) mass is 396 g/mol. The normalized spacial score (nSPS) is 22.0. The quantitative estimate of drug-likeness (QED) is 0.779. The molecule has 1 saturated carbocycles. The van der Waals surface area contributed by atoms with Crippen molar-refractivity contribution >= 4 is 16.8 Å². The molecule has 5 heteroatoms. The lowest BCUT2D eigenvalue weighted by atomic mass is 9.75. The Morgan fingerprint density at radius 2 is 1.90 bits per heavy atom. The molecule has 2 aliphatic rings. The van der Waals surface area contributed by atoms with Crippen LogP contribution in [0.1, 0.15) is 57.4 Å². The lowest BCUT2D eigenvalue weighted by molar-refractivity contribution is -0.134. The zero-order valence-corrected chi connectivity index (χ0v) is 17.8. The summed E-state index contributed by atoms with van der Waals surface area (Å²) in [6.45, 7) is 5.81. The van der Waals surface area contributed by atoms with Crippen molar-refractivity contribution < 1.29 is 9.53 Å². The van der Waals surface area contributed by atoms with E-state index in [4.69, 9.17) is 4.74 Å². The van der Waals surface area contributed by atoms with Crippen molar-refractivity contribution in [2.45, 2.75) is 58.4 Å². The Morgan fingerprint density at radius 1 is 1.14 bits per heavy atom. The van der Waals surface area contributed by atoms with E-state index in [0.717, 1.165) is 41.9 Å². The fourth-order valence-electron chi connectivity index (χ4n) is 5.13. The van der Waals surface area contributed by atoms with Crippen LogP contribution in [0.5, 0.6) is 5.75 Å². The van der Waals surface area contributed by atoms with Gasteiger partial charge < -0.3 is 9.64 Å². The van der Waals surface area contributed by atoms with E-state index in [-0.39, 0.29) is 23.9 Å². The van der Waals surface area contributed by atoms with Gasteiger partial charge >= 0.3 is 0 Å². The molecule has 0 N–H and O–H groups in total. The zero-order valence-electron chi connectivity index (χ0n) is 17.8. The van der Waals surface area contributed by atoms with E-state index in [2.05, 4.69) is 0 Å². The van der Waals surface area contributed by atoms with Gasteiger partial charge in [0, 0.05) is 24.7 Å². The Bertz CT molecular complexity index is 962. The van der Waals surface area contributed by atoms with Gasteiger partial charge in [-0.05, 0) is 54.2 Å². The Morgan fingerprint density at radius 3 is 2.62 bits per heavy atom. The fourth-order valence-corrected chi connectivity index (χ4v) is 5.13. The first-order valence-electron chi connectivity index (χ1n) is 11.0. The Labute approximate surface area is 172 Å². The number of hydrogen-bond donors (Lipinski definition) is 0. The summed E-state index contributed by atoms with van der Waals surface area (Å²) in [6.07, 6.45) is 6.26. The second kappa shape index (κ2) is 8.21. The molecule has 4 rings (SSSR count). The highest BCUT2D eigenvalue weighted by atomic mass is 16.5. The van der Waals surface area contributed by atoms with Gasteiger partial charge in [-0.15, -0.1) is 0 Å². The number of ether oxygens (including phenoxy) is 1. The van der Waals surface area contributed by atoms with E-state index in [1.165, 1.54) is 25.7 Å². The second-order valence-electron chi connectivity index (χ2n) is 9.00. The summed E-state index contributed by atoms with van der Waals surface area (Å²) < 4.78 is 7.02. The maximum absolute atomic E-state index is 13.2. The van der Waals surface area contributed by atoms with E-state index in [9.17, 15) is 9.59 Å². The van der Waals surface area contributed by atoms with Gasteiger partial charge in [0.05, 0.1) is 12.6 Å². The summed E-state index contributed by atoms with van der Waals surface area (Å²) in [5, 5.41) is 0.966. The van der Waals surface area contributed by atoms with Crippen LogP contribution < -0.4 is 10.3 Å². The van der Waals surface area contributed by atoms with E-state index >= 15 is 0 Å². The molecule has 1 aromatic heterocycles. The standard InChI is InChI=1S/C24H32N2O3/c1-16(2)21-12-18-8-9-20(29-3)13-22(18)26(24(21)28)15-23(27)25-11-10-17-6-4-5-7-19(17)14-25/h8-9,12-13,16-17,19H,4-7,10-11,14-15H2,1-3H3. The highest BCUT2D eigenvalue weighted by molar-refractivity contribution is 5.84.